The normalized spacial score (nSPS) is 15.5. The summed E-state index contributed by atoms with van der Waals surface area (Å²) in [5, 5.41) is 12.4. The van der Waals surface area contributed by atoms with Crippen molar-refractivity contribution in [3.63, 3.8) is 0 Å². The van der Waals surface area contributed by atoms with Crippen LogP contribution in [0.15, 0.2) is 18.2 Å². The molecule has 2 rings (SSSR count). The zero-order chi connectivity index (χ0) is 9.80. The Hall–Kier alpha value is -1.02. The van der Waals surface area contributed by atoms with Crippen LogP contribution in [0, 0.1) is 0 Å². The second kappa shape index (κ2) is 4.47. The lowest BCUT2D eigenvalue weighted by atomic mass is 10.0. The Balaban J connectivity index is 2.32. The number of rotatable bonds is 2. The first-order chi connectivity index (χ1) is 6.92. The number of aryl methyl sites for hydroxylation is 1. The molecule has 0 saturated heterocycles. The van der Waals surface area contributed by atoms with E-state index in [1.54, 1.807) is 0 Å². The van der Waals surface area contributed by atoms with Gasteiger partial charge in [0.15, 0.2) is 0 Å². The summed E-state index contributed by atoms with van der Waals surface area (Å²) in [6, 6.07) is 6.39. The lowest BCUT2D eigenvalue weighted by Gasteiger charge is -2.12. The van der Waals surface area contributed by atoms with Gasteiger partial charge < -0.3 is 10.4 Å². The van der Waals surface area contributed by atoms with E-state index >= 15 is 0 Å². The monoisotopic (exact) mass is 191 g/mol. The third-order valence-electron chi connectivity index (χ3n) is 2.79. The maximum absolute atomic E-state index is 8.96. The van der Waals surface area contributed by atoms with Gasteiger partial charge in [0.25, 0.3) is 0 Å². The van der Waals surface area contributed by atoms with Gasteiger partial charge in [-0.15, -0.1) is 0 Å². The van der Waals surface area contributed by atoms with E-state index in [0.717, 1.165) is 13.0 Å². The van der Waals surface area contributed by atoms with Gasteiger partial charge in [0.2, 0.25) is 0 Å². The first kappa shape index (κ1) is 9.53. The zero-order valence-electron chi connectivity index (χ0n) is 8.42. The van der Waals surface area contributed by atoms with E-state index in [0.29, 0.717) is 0 Å². The van der Waals surface area contributed by atoms with Crippen molar-refractivity contribution in [1.82, 2.24) is 0 Å². The second-order valence-corrected chi connectivity index (χ2v) is 3.81. The number of aliphatic hydroxyl groups excluding tert-OH is 1. The fourth-order valence-corrected chi connectivity index (χ4v) is 2.07. The summed E-state index contributed by atoms with van der Waals surface area (Å²) in [6.45, 7) is 1.30. The van der Waals surface area contributed by atoms with E-state index in [9.17, 15) is 0 Å². The summed E-state index contributed by atoms with van der Waals surface area (Å²) in [5.41, 5.74) is 3.94. The van der Waals surface area contributed by atoms with Crippen LogP contribution in [0.3, 0.4) is 0 Å². The minimum absolute atomic E-state index is 0.234. The van der Waals surface area contributed by atoms with Crippen LogP contribution in [0.5, 0.6) is 0 Å². The smallest absolute Gasteiger partial charge is 0.0472 e. The van der Waals surface area contributed by atoms with Crippen molar-refractivity contribution < 1.29 is 5.11 Å². The summed E-state index contributed by atoms with van der Waals surface area (Å²) in [4.78, 5) is 0. The van der Waals surface area contributed by atoms with Gasteiger partial charge >= 0.3 is 0 Å². The van der Waals surface area contributed by atoms with Crippen molar-refractivity contribution in [3.05, 3.63) is 29.3 Å². The third kappa shape index (κ3) is 1.90. The number of fused-ring (bicyclic) bond motifs is 1. The molecule has 0 saturated carbocycles. The number of nitrogens with one attached hydrogen (secondary N) is 1. The van der Waals surface area contributed by atoms with Crippen LogP contribution in [-0.4, -0.2) is 18.3 Å². The van der Waals surface area contributed by atoms with E-state index in [2.05, 4.69) is 23.5 Å². The Morgan fingerprint density at radius 3 is 3.07 bits per heavy atom. The van der Waals surface area contributed by atoms with Gasteiger partial charge in [-0.25, -0.2) is 0 Å². The Kier molecular flexibility index (Phi) is 3.04. The highest BCUT2D eigenvalue weighted by molar-refractivity contribution is 5.58. The Morgan fingerprint density at radius 2 is 2.21 bits per heavy atom. The van der Waals surface area contributed by atoms with Crippen molar-refractivity contribution >= 4 is 5.69 Å². The number of benzene rings is 1. The molecule has 0 fully saturated rings. The van der Waals surface area contributed by atoms with Crippen molar-refractivity contribution in [2.75, 3.05) is 18.5 Å². The van der Waals surface area contributed by atoms with Gasteiger partial charge in [-0.3, -0.25) is 0 Å². The topological polar surface area (TPSA) is 32.3 Å². The van der Waals surface area contributed by atoms with Gasteiger partial charge in [-0.1, -0.05) is 18.2 Å². The van der Waals surface area contributed by atoms with Crippen molar-refractivity contribution in [2.24, 2.45) is 0 Å². The third-order valence-corrected chi connectivity index (χ3v) is 2.79. The van der Waals surface area contributed by atoms with Gasteiger partial charge in [0.1, 0.15) is 0 Å². The maximum Gasteiger partial charge on any atom is 0.0472 e. The molecule has 1 aliphatic rings. The molecular formula is C12H17NO. The molecule has 76 valence electrons. The largest absolute Gasteiger partial charge is 0.396 e. The predicted molar refractivity (Wildman–Crippen MR) is 58.7 cm³/mol. The molecule has 0 atom stereocenters. The minimum Gasteiger partial charge on any atom is -0.396 e. The maximum atomic E-state index is 8.96. The van der Waals surface area contributed by atoms with Crippen molar-refractivity contribution in [3.8, 4) is 0 Å². The highest BCUT2D eigenvalue weighted by atomic mass is 16.2. The molecule has 14 heavy (non-hydrogen) atoms. The lowest BCUT2D eigenvalue weighted by Crippen LogP contribution is -2.04. The summed E-state index contributed by atoms with van der Waals surface area (Å²) < 4.78 is 0. The van der Waals surface area contributed by atoms with E-state index in [4.69, 9.17) is 5.11 Å². The van der Waals surface area contributed by atoms with Crippen LogP contribution < -0.4 is 5.32 Å². The molecule has 0 bridgehead atoms. The average Bonchev–Trinajstić information content (AvgIpc) is 2.44. The number of para-hydroxylation sites is 1. The van der Waals surface area contributed by atoms with Crippen LogP contribution in [0.1, 0.15) is 24.0 Å². The molecular weight excluding hydrogens is 174 g/mol. The quantitative estimate of drug-likeness (QED) is 0.749. The Morgan fingerprint density at radius 1 is 1.29 bits per heavy atom. The van der Waals surface area contributed by atoms with Crippen LogP contribution in [0.25, 0.3) is 0 Å². The van der Waals surface area contributed by atoms with E-state index in [1.165, 1.54) is 36.1 Å². The lowest BCUT2D eigenvalue weighted by molar-refractivity contribution is 0.300. The number of hydrogen-bond acceptors (Lipinski definition) is 2. The molecule has 1 heterocycles. The number of aliphatic hydroxyl groups is 1. The summed E-state index contributed by atoms with van der Waals surface area (Å²) in [6.07, 6.45) is 4.44. The van der Waals surface area contributed by atoms with E-state index < -0.39 is 0 Å². The Labute approximate surface area is 85.0 Å². The SMILES string of the molecule is OCCc1cccc2c1NCCCC2. The molecule has 0 aromatic heterocycles. The van der Waals surface area contributed by atoms with Crippen LogP contribution >= 0.6 is 0 Å². The van der Waals surface area contributed by atoms with E-state index in [-0.39, 0.29) is 6.61 Å². The molecule has 2 heteroatoms. The molecule has 1 aromatic carbocycles. The van der Waals surface area contributed by atoms with Gasteiger partial charge in [0.05, 0.1) is 0 Å². The highest BCUT2D eigenvalue weighted by Crippen LogP contribution is 2.25. The molecule has 0 radical (unpaired) electrons. The molecule has 1 aliphatic heterocycles. The van der Waals surface area contributed by atoms with E-state index in [1.807, 2.05) is 0 Å². The fourth-order valence-electron chi connectivity index (χ4n) is 2.07. The minimum atomic E-state index is 0.234. The molecule has 2 N–H and O–H groups in total. The molecule has 0 amide bonds. The van der Waals surface area contributed by atoms with Crippen LogP contribution in [0.2, 0.25) is 0 Å². The predicted octanol–water partition coefficient (Wildman–Crippen LogP) is 1.97. The second-order valence-electron chi connectivity index (χ2n) is 3.81. The van der Waals surface area contributed by atoms with Crippen LogP contribution in [0.4, 0.5) is 5.69 Å². The number of anilines is 1. The summed E-state index contributed by atoms with van der Waals surface area (Å²) >= 11 is 0. The van der Waals surface area contributed by atoms with Gasteiger partial charge in [-0.2, -0.15) is 0 Å². The summed E-state index contributed by atoms with van der Waals surface area (Å²) in [5.74, 6) is 0. The van der Waals surface area contributed by atoms with Crippen molar-refractivity contribution in [2.45, 2.75) is 25.7 Å². The number of hydrogen-bond donors (Lipinski definition) is 2. The molecule has 0 spiro atoms. The molecule has 0 unspecified atom stereocenters. The average molecular weight is 191 g/mol. The Bertz CT molecular complexity index is 309. The van der Waals surface area contributed by atoms with Gasteiger partial charge in [0, 0.05) is 18.8 Å². The highest BCUT2D eigenvalue weighted by Gasteiger charge is 2.10. The van der Waals surface area contributed by atoms with Gasteiger partial charge in [-0.05, 0) is 36.8 Å². The van der Waals surface area contributed by atoms with Crippen molar-refractivity contribution in [1.29, 1.82) is 0 Å². The summed E-state index contributed by atoms with van der Waals surface area (Å²) in [7, 11) is 0. The molecule has 1 aromatic rings. The zero-order valence-corrected chi connectivity index (χ0v) is 8.42. The first-order valence-corrected chi connectivity index (χ1v) is 5.37. The van der Waals surface area contributed by atoms with Crippen LogP contribution in [-0.2, 0) is 12.8 Å². The molecule has 2 nitrogen and oxygen atoms in total. The first-order valence-electron chi connectivity index (χ1n) is 5.37. The molecule has 0 aliphatic carbocycles. The standard InChI is InChI=1S/C12H17NO/c14-9-7-11-6-3-5-10-4-1-2-8-13-12(10)11/h3,5-6,13-14H,1-2,4,7-9H2. The fraction of sp³-hybridized carbons (Fsp3) is 0.500.